The Hall–Kier alpha value is -1.02. The summed E-state index contributed by atoms with van der Waals surface area (Å²) >= 11 is 5.76. The van der Waals surface area contributed by atoms with Gasteiger partial charge in [-0.2, -0.15) is 0 Å². The van der Waals surface area contributed by atoms with Gasteiger partial charge in [0.2, 0.25) is 6.41 Å². The normalized spacial score (nSPS) is 9.27. The van der Waals surface area contributed by atoms with Gasteiger partial charge in [-0.15, -0.1) is 0 Å². The van der Waals surface area contributed by atoms with Crippen LogP contribution in [0.5, 0.6) is 0 Å². The fourth-order valence-corrected chi connectivity index (χ4v) is 0.920. The Kier molecular flexibility index (Phi) is 2.49. The van der Waals surface area contributed by atoms with Gasteiger partial charge >= 0.3 is 0 Å². The zero-order valence-corrected chi connectivity index (χ0v) is 6.85. The summed E-state index contributed by atoms with van der Waals surface area (Å²) in [5, 5.41) is 3.25. The molecular formula is C8H8ClNO. The SMILES string of the molecule is Cc1cc(NC=O)ccc1Cl. The van der Waals surface area contributed by atoms with E-state index in [0.717, 1.165) is 11.3 Å². The molecule has 58 valence electrons. The first-order valence-electron chi connectivity index (χ1n) is 3.20. The van der Waals surface area contributed by atoms with Gasteiger partial charge < -0.3 is 5.32 Å². The summed E-state index contributed by atoms with van der Waals surface area (Å²) in [6.07, 6.45) is 0.642. The van der Waals surface area contributed by atoms with Crippen LogP contribution in [0.4, 0.5) is 5.69 Å². The molecular weight excluding hydrogens is 162 g/mol. The highest BCUT2D eigenvalue weighted by atomic mass is 35.5. The minimum Gasteiger partial charge on any atom is -0.329 e. The molecule has 0 unspecified atom stereocenters. The second-order valence-electron chi connectivity index (χ2n) is 2.23. The maximum atomic E-state index is 10.0. The molecule has 0 bridgehead atoms. The first-order chi connectivity index (χ1) is 5.24. The molecule has 0 aliphatic carbocycles. The molecule has 0 fully saturated rings. The number of carbonyl (C=O) groups is 1. The summed E-state index contributed by atoms with van der Waals surface area (Å²) in [5.41, 5.74) is 1.72. The summed E-state index contributed by atoms with van der Waals surface area (Å²) in [6, 6.07) is 5.32. The largest absolute Gasteiger partial charge is 0.329 e. The number of halogens is 1. The minimum atomic E-state index is 0.642. The lowest BCUT2D eigenvalue weighted by molar-refractivity contribution is -0.105. The number of anilines is 1. The predicted octanol–water partition coefficient (Wildman–Crippen LogP) is 2.22. The van der Waals surface area contributed by atoms with E-state index in [1.54, 1.807) is 12.1 Å². The number of amides is 1. The van der Waals surface area contributed by atoms with E-state index >= 15 is 0 Å². The van der Waals surface area contributed by atoms with Gasteiger partial charge in [-0.25, -0.2) is 0 Å². The van der Waals surface area contributed by atoms with E-state index in [9.17, 15) is 4.79 Å². The van der Waals surface area contributed by atoms with Crippen LogP contribution in [-0.4, -0.2) is 6.41 Å². The van der Waals surface area contributed by atoms with E-state index in [1.165, 1.54) is 0 Å². The molecule has 0 aliphatic rings. The van der Waals surface area contributed by atoms with Crippen LogP contribution < -0.4 is 5.32 Å². The van der Waals surface area contributed by atoms with Crippen LogP contribution in [-0.2, 0) is 4.79 Å². The van der Waals surface area contributed by atoms with Crippen LogP contribution in [0.25, 0.3) is 0 Å². The highest BCUT2D eigenvalue weighted by molar-refractivity contribution is 6.31. The van der Waals surface area contributed by atoms with Crippen LogP contribution in [0.1, 0.15) is 5.56 Å². The summed E-state index contributed by atoms with van der Waals surface area (Å²) in [4.78, 5) is 10.0. The molecule has 0 saturated carbocycles. The van der Waals surface area contributed by atoms with Gasteiger partial charge in [0.25, 0.3) is 0 Å². The van der Waals surface area contributed by atoms with Crippen molar-refractivity contribution < 1.29 is 4.79 Å². The zero-order chi connectivity index (χ0) is 8.27. The number of rotatable bonds is 2. The number of benzene rings is 1. The van der Waals surface area contributed by atoms with Gasteiger partial charge in [0.1, 0.15) is 0 Å². The molecule has 1 aromatic rings. The van der Waals surface area contributed by atoms with E-state index < -0.39 is 0 Å². The van der Waals surface area contributed by atoms with Gasteiger partial charge in [-0.1, -0.05) is 11.6 Å². The number of nitrogens with one attached hydrogen (secondary N) is 1. The first kappa shape index (κ1) is 8.08. The van der Waals surface area contributed by atoms with E-state index in [4.69, 9.17) is 11.6 Å². The van der Waals surface area contributed by atoms with Crippen molar-refractivity contribution in [3.05, 3.63) is 28.8 Å². The topological polar surface area (TPSA) is 29.1 Å². The molecule has 2 nitrogen and oxygen atoms in total. The third-order valence-corrected chi connectivity index (χ3v) is 1.81. The Balaban J connectivity index is 2.95. The lowest BCUT2D eigenvalue weighted by atomic mass is 10.2. The molecule has 1 N–H and O–H groups in total. The van der Waals surface area contributed by atoms with Crippen molar-refractivity contribution in [1.29, 1.82) is 0 Å². The fourth-order valence-electron chi connectivity index (χ4n) is 0.803. The Morgan fingerprint density at radius 2 is 2.27 bits per heavy atom. The summed E-state index contributed by atoms with van der Waals surface area (Å²) in [6.45, 7) is 1.89. The number of carbonyl (C=O) groups excluding carboxylic acids is 1. The van der Waals surface area contributed by atoms with Gasteiger partial charge in [0.05, 0.1) is 0 Å². The molecule has 11 heavy (non-hydrogen) atoms. The lowest BCUT2D eigenvalue weighted by Gasteiger charge is -2.00. The van der Waals surface area contributed by atoms with Gasteiger partial charge in [0.15, 0.2) is 0 Å². The van der Waals surface area contributed by atoms with E-state index in [1.807, 2.05) is 13.0 Å². The van der Waals surface area contributed by atoms with Crippen molar-refractivity contribution in [2.45, 2.75) is 6.92 Å². The summed E-state index contributed by atoms with van der Waals surface area (Å²) in [5.74, 6) is 0. The monoisotopic (exact) mass is 169 g/mol. The Morgan fingerprint density at radius 3 is 2.82 bits per heavy atom. The van der Waals surface area contributed by atoms with Crippen LogP contribution in [0.3, 0.4) is 0 Å². The van der Waals surface area contributed by atoms with Crippen LogP contribution in [0.2, 0.25) is 5.02 Å². The molecule has 0 aromatic heterocycles. The van der Waals surface area contributed by atoms with E-state index in [0.29, 0.717) is 11.4 Å². The maximum absolute atomic E-state index is 10.0. The van der Waals surface area contributed by atoms with Crippen molar-refractivity contribution in [3.8, 4) is 0 Å². The Labute approximate surface area is 70.2 Å². The second-order valence-corrected chi connectivity index (χ2v) is 2.63. The van der Waals surface area contributed by atoms with Crippen LogP contribution in [0.15, 0.2) is 18.2 Å². The predicted molar refractivity (Wildman–Crippen MR) is 45.9 cm³/mol. The number of hydrogen-bond acceptors (Lipinski definition) is 1. The van der Waals surface area contributed by atoms with Crippen LogP contribution in [0, 0.1) is 6.92 Å². The molecule has 0 spiro atoms. The van der Waals surface area contributed by atoms with Crippen molar-refractivity contribution in [2.24, 2.45) is 0 Å². The number of aryl methyl sites for hydroxylation is 1. The average Bonchev–Trinajstić information content (AvgIpc) is 1.98. The molecule has 0 atom stereocenters. The third kappa shape index (κ3) is 1.95. The van der Waals surface area contributed by atoms with Gasteiger partial charge in [-0.05, 0) is 30.7 Å². The fraction of sp³-hybridized carbons (Fsp3) is 0.125. The highest BCUT2D eigenvalue weighted by Crippen LogP contribution is 2.18. The third-order valence-electron chi connectivity index (χ3n) is 1.38. The van der Waals surface area contributed by atoms with E-state index in [2.05, 4.69) is 5.32 Å². The van der Waals surface area contributed by atoms with Crippen molar-refractivity contribution in [2.75, 3.05) is 5.32 Å². The number of hydrogen-bond donors (Lipinski definition) is 1. The van der Waals surface area contributed by atoms with E-state index in [-0.39, 0.29) is 0 Å². The molecule has 1 aromatic carbocycles. The smallest absolute Gasteiger partial charge is 0.211 e. The van der Waals surface area contributed by atoms with Gasteiger partial charge in [-0.3, -0.25) is 4.79 Å². The first-order valence-corrected chi connectivity index (χ1v) is 3.58. The molecule has 1 amide bonds. The zero-order valence-electron chi connectivity index (χ0n) is 6.10. The van der Waals surface area contributed by atoms with Gasteiger partial charge in [0, 0.05) is 10.7 Å². The quantitative estimate of drug-likeness (QED) is 0.676. The molecule has 1 rings (SSSR count). The Bertz CT molecular complexity index is 273. The second kappa shape index (κ2) is 3.39. The summed E-state index contributed by atoms with van der Waals surface area (Å²) in [7, 11) is 0. The van der Waals surface area contributed by atoms with Crippen molar-refractivity contribution in [3.63, 3.8) is 0 Å². The summed E-state index contributed by atoms with van der Waals surface area (Å²) < 4.78 is 0. The molecule has 0 heterocycles. The highest BCUT2D eigenvalue weighted by Gasteiger charge is 1.94. The van der Waals surface area contributed by atoms with Crippen molar-refractivity contribution in [1.82, 2.24) is 0 Å². The Morgan fingerprint density at radius 1 is 1.55 bits per heavy atom. The molecule has 3 heteroatoms. The van der Waals surface area contributed by atoms with Crippen LogP contribution >= 0.6 is 11.6 Å². The maximum Gasteiger partial charge on any atom is 0.211 e. The van der Waals surface area contributed by atoms with Crippen molar-refractivity contribution >= 4 is 23.7 Å². The minimum absolute atomic E-state index is 0.642. The molecule has 0 saturated heterocycles. The average molecular weight is 170 g/mol. The standard InChI is InChI=1S/C8H8ClNO/c1-6-4-7(10-5-11)2-3-8(6)9/h2-5H,1H3,(H,10,11). The molecule has 0 radical (unpaired) electrons. The lowest BCUT2D eigenvalue weighted by Crippen LogP contribution is -1.93. The molecule has 0 aliphatic heterocycles.